The molecular formula is C13H20N2O2. The molecule has 1 amide bonds. The summed E-state index contributed by atoms with van der Waals surface area (Å²) in [5.74, 6) is 0.0487. The molecule has 4 heteroatoms. The first-order valence-electron chi connectivity index (χ1n) is 5.82. The van der Waals surface area contributed by atoms with Crippen LogP contribution in [0.15, 0.2) is 24.3 Å². The minimum atomic E-state index is 0.0487. The van der Waals surface area contributed by atoms with E-state index in [1.54, 1.807) is 11.9 Å². The van der Waals surface area contributed by atoms with Gasteiger partial charge in [-0.05, 0) is 24.6 Å². The van der Waals surface area contributed by atoms with Gasteiger partial charge in [-0.2, -0.15) is 0 Å². The van der Waals surface area contributed by atoms with E-state index in [9.17, 15) is 4.79 Å². The zero-order valence-electron chi connectivity index (χ0n) is 10.5. The summed E-state index contributed by atoms with van der Waals surface area (Å²) in [6.07, 6.45) is 0.400. The lowest BCUT2D eigenvalue weighted by atomic mass is 10.2. The fourth-order valence-corrected chi connectivity index (χ4v) is 1.51. The van der Waals surface area contributed by atoms with Crippen LogP contribution in [0.3, 0.4) is 0 Å². The number of nitrogens with zero attached hydrogens (tertiary/aromatic N) is 1. The van der Waals surface area contributed by atoms with E-state index in [4.69, 9.17) is 10.5 Å². The molecule has 0 saturated carbocycles. The minimum absolute atomic E-state index is 0.0487. The summed E-state index contributed by atoms with van der Waals surface area (Å²) < 4.78 is 5.17. The van der Waals surface area contributed by atoms with Crippen molar-refractivity contribution in [1.29, 1.82) is 0 Å². The Morgan fingerprint density at radius 3 is 2.88 bits per heavy atom. The number of hydrogen-bond donors (Lipinski definition) is 1. The number of amides is 1. The largest absolute Gasteiger partial charge is 0.381 e. The monoisotopic (exact) mass is 236 g/mol. The molecule has 0 aliphatic carbocycles. The highest BCUT2D eigenvalue weighted by Gasteiger charge is 2.10. The Morgan fingerprint density at radius 2 is 2.24 bits per heavy atom. The Balaban J connectivity index is 2.61. The molecule has 0 saturated heterocycles. The van der Waals surface area contributed by atoms with Crippen LogP contribution in [0.5, 0.6) is 0 Å². The molecule has 0 aliphatic rings. The highest BCUT2D eigenvalue weighted by Crippen LogP contribution is 2.15. The van der Waals surface area contributed by atoms with Crippen LogP contribution in [0.25, 0.3) is 0 Å². The van der Waals surface area contributed by atoms with E-state index in [1.165, 1.54) is 0 Å². The molecule has 0 atom stereocenters. The van der Waals surface area contributed by atoms with Gasteiger partial charge in [-0.1, -0.05) is 12.1 Å². The maximum atomic E-state index is 11.8. The lowest BCUT2D eigenvalue weighted by molar-refractivity contribution is -0.119. The van der Waals surface area contributed by atoms with Gasteiger partial charge >= 0.3 is 0 Å². The summed E-state index contributed by atoms with van der Waals surface area (Å²) in [7, 11) is 1.77. The topological polar surface area (TPSA) is 55.6 Å². The maximum absolute atomic E-state index is 11.8. The minimum Gasteiger partial charge on any atom is -0.381 e. The summed E-state index contributed by atoms with van der Waals surface area (Å²) in [5.41, 5.74) is 7.46. The van der Waals surface area contributed by atoms with Gasteiger partial charge in [-0.15, -0.1) is 0 Å². The van der Waals surface area contributed by atoms with Crippen LogP contribution in [-0.4, -0.2) is 26.2 Å². The summed E-state index contributed by atoms with van der Waals surface area (Å²) in [6.45, 7) is 3.50. The fourth-order valence-electron chi connectivity index (χ4n) is 1.51. The molecular weight excluding hydrogens is 216 g/mol. The second kappa shape index (κ2) is 7.04. The molecule has 0 unspecified atom stereocenters. The van der Waals surface area contributed by atoms with E-state index >= 15 is 0 Å². The summed E-state index contributed by atoms with van der Waals surface area (Å²) >= 11 is 0. The number of hydrogen-bond acceptors (Lipinski definition) is 3. The molecule has 0 heterocycles. The molecule has 17 heavy (non-hydrogen) atoms. The standard InChI is InChI=1S/C13H20N2O2/c1-3-17-8-7-13(16)15(2)12-6-4-5-11(9-12)10-14/h4-6,9H,3,7-8,10,14H2,1-2H3. The Hall–Kier alpha value is -1.39. The highest BCUT2D eigenvalue weighted by atomic mass is 16.5. The van der Waals surface area contributed by atoms with E-state index in [-0.39, 0.29) is 5.91 Å². The van der Waals surface area contributed by atoms with Crippen molar-refractivity contribution < 1.29 is 9.53 Å². The van der Waals surface area contributed by atoms with Crippen LogP contribution >= 0.6 is 0 Å². The molecule has 0 fully saturated rings. The van der Waals surface area contributed by atoms with E-state index in [0.717, 1.165) is 11.3 Å². The second-order valence-corrected chi connectivity index (χ2v) is 3.77. The van der Waals surface area contributed by atoms with E-state index in [1.807, 2.05) is 31.2 Å². The van der Waals surface area contributed by atoms with Crippen molar-refractivity contribution in [3.63, 3.8) is 0 Å². The normalized spacial score (nSPS) is 10.3. The molecule has 0 radical (unpaired) electrons. The van der Waals surface area contributed by atoms with Gasteiger partial charge in [0.2, 0.25) is 5.91 Å². The lowest BCUT2D eigenvalue weighted by Crippen LogP contribution is -2.27. The summed E-state index contributed by atoms with van der Waals surface area (Å²) in [6, 6.07) is 7.68. The van der Waals surface area contributed by atoms with Gasteiger partial charge in [0.1, 0.15) is 0 Å². The van der Waals surface area contributed by atoms with Gasteiger partial charge in [0.15, 0.2) is 0 Å². The first-order valence-corrected chi connectivity index (χ1v) is 5.82. The first-order chi connectivity index (χ1) is 8.19. The Kier molecular flexibility index (Phi) is 5.66. The number of ether oxygens (including phenoxy) is 1. The fraction of sp³-hybridized carbons (Fsp3) is 0.462. The second-order valence-electron chi connectivity index (χ2n) is 3.77. The van der Waals surface area contributed by atoms with Gasteiger partial charge in [-0.3, -0.25) is 4.79 Å². The molecule has 1 aromatic rings. The molecule has 0 aromatic heterocycles. The number of rotatable bonds is 6. The molecule has 2 N–H and O–H groups in total. The number of anilines is 1. The zero-order valence-corrected chi connectivity index (χ0v) is 10.5. The molecule has 0 bridgehead atoms. The third-order valence-electron chi connectivity index (χ3n) is 2.57. The Bertz CT molecular complexity index is 366. The van der Waals surface area contributed by atoms with Crippen molar-refractivity contribution >= 4 is 11.6 Å². The average molecular weight is 236 g/mol. The molecule has 4 nitrogen and oxygen atoms in total. The van der Waals surface area contributed by atoms with Crippen LogP contribution < -0.4 is 10.6 Å². The third-order valence-corrected chi connectivity index (χ3v) is 2.57. The smallest absolute Gasteiger partial charge is 0.229 e. The van der Waals surface area contributed by atoms with Gasteiger partial charge in [0.05, 0.1) is 13.0 Å². The van der Waals surface area contributed by atoms with Crippen molar-refractivity contribution in [2.24, 2.45) is 5.73 Å². The number of benzene rings is 1. The Morgan fingerprint density at radius 1 is 1.47 bits per heavy atom. The van der Waals surface area contributed by atoms with Crippen LogP contribution in [0.4, 0.5) is 5.69 Å². The van der Waals surface area contributed by atoms with Crippen molar-refractivity contribution in [2.45, 2.75) is 19.9 Å². The van der Waals surface area contributed by atoms with Crippen LogP contribution in [-0.2, 0) is 16.1 Å². The van der Waals surface area contributed by atoms with Gasteiger partial charge in [-0.25, -0.2) is 0 Å². The predicted octanol–water partition coefficient (Wildman–Crippen LogP) is 1.53. The molecule has 0 spiro atoms. The summed E-state index contributed by atoms with van der Waals surface area (Å²) in [4.78, 5) is 13.5. The van der Waals surface area contributed by atoms with Crippen molar-refractivity contribution in [1.82, 2.24) is 0 Å². The number of carbonyl (C=O) groups excluding carboxylic acids is 1. The summed E-state index contributed by atoms with van der Waals surface area (Å²) in [5, 5.41) is 0. The average Bonchev–Trinajstić information content (AvgIpc) is 2.38. The van der Waals surface area contributed by atoms with E-state index < -0.39 is 0 Å². The van der Waals surface area contributed by atoms with E-state index in [0.29, 0.717) is 26.2 Å². The SMILES string of the molecule is CCOCCC(=O)N(C)c1cccc(CN)c1. The molecule has 94 valence electrons. The molecule has 1 aromatic carbocycles. The van der Waals surface area contributed by atoms with E-state index in [2.05, 4.69) is 0 Å². The molecule has 0 aliphatic heterocycles. The highest BCUT2D eigenvalue weighted by molar-refractivity contribution is 5.92. The van der Waals surface area contributed by atoms with Gasteiger partial charge < -0.3 is 15.4 Å². The van der Waals surface area contributed by atoms with Crippen LogP contribution in [0.2, 0.25) is 0 Å². The molecule has 1 rings (SSSR count). The Labute approximate surface area is 102 Å². The van der Waals surface area contributed by atoms with Gasteiger partial charge in [0.25, 0.3) is 0 Å². The zero-order chi connectivity index (χ0) is 12.7. The number of nitrogens with two attached hydrogens (primary N) is 1. The van der Waals surface area contributed by atoms with Crippen molar-refractivity contribution in [3.8, 4) is 0 Å². The number of carbonyl (C=O) groups is 1. The third kappa shape index (κ3) is 4.17. The van der Waals surface area contributed by atoms with Crippen molar-refractivity contribution in [2.75, 3.05) is 25.2 Å². The quantitative estimate of drug-likeness (QED) is 0.762. The van der Waals surface area contributed by atoms with Crippen molar-refractivity contribution in [3.05, 3.63) is 29.8 Å². The van der Waals surface area contributed by atoms with Crippen LogP contribution in [0.1, 0.15) is 18.9 Å². The predicted molar refractivity (Wildman–Crippen MR) is 68.9 cm³/mol. The van der Waals surface area contributed by atoms with Crippen LogP contribution in [0, 0.1) is 0 Å². The lowest BCUT2D eigenvalue weighted by Gasteiger charge is -2.18. The van der Waals surface area contributed by atoms with Gasteiger partial charge in [0, 0.05) is 25.9 Å². The first kappa shape index (κ1) is 13.7. The maximum Gasteiger partial charge on any atom is 0.229 e.